The van der Waals surface area contributed by atoms with Crippen LogP contribution in [0.25, 0.3) is 10.9 Å². The van der Waals surface area contributed by atoms with Crippen LogP contribution in [0.2, 0.25) is 0 Å². The van der Waals surface area contributed by atoms with Crippen LogP contribution in [0.15, 0.2) is 42.5 Å². The van der Waals surface area contributed by atoms with Crippen LogP contribution in [0.5, 0.6) is 0 Å². The molecule has 1 aliphatic carbocycles. The second-order valence-electron chi connectivity index (χ2n) is 6.77. The monoisotopic (exact) mass is 347 g/mol. The Morgan fingerprint density at radius 2 is 2.15 bits per heavy atom. The lowest BCUT2D eigenvalue weighted by molar-refractivity contribution is -0.119. The van der Waals surface area contributed by atoms with Gasteiger partial charge in [0.05, 0.1) is 17.6 Å². The summed E-state index contributed by atoms with van der Waals surface area (Å²) in [5, 5.41) is 10.2. The van der Waals surface area contributed by atoms with E-state index in [4.69, 9.17) is 5.73 Å². The van der Waals surface area contributed by atoms with Crippen molar-refractivity contribution in [2.45, 2.75) is 31.7 Å². The lowest BCUT2D eigenvalue weighted by Crippen LogP contribution is -2.27. The predicted molar refractivity (Wildman–Crippen MR) is 97.0 cm³/mol. The number of nitrogens with zero attached hydrogens (tertiary/aromatic N) is 2. The molecule has 0 saturated carbocycles. The number of rotatable bonds is 3. The van der Waals surface area contributed by atoms with Crippen molar-refractivity contribution in [3.8, 4) is 6.07 Å². The van der Waals surface area contributed by atoms with E-state index in [0.29, 0.717) is 18.5 Å². The van der Waals surface area contributed by atoms with Crippen molar-refractivity contribution in [3.05, 3.63) is 70.7 Å². The molecule has 130 valence electrons. The Kier molecular flexibility index (Phi) is 3.96. The third kappa shape index (κ3) is 2.64. The van der Waals surface area contributed by atoms with Gasteiger partial charge in [0, 0.05) is 23.1 Å². The Bertz CT molecular complexity index is 1060. The smallest absolute Gasteiger partial charge is 0.226 e. The van der Waals surface area contributed by atoms with Crippen LogP contribution >= 0.6 is 0 Å². The summed E-state index contributed by atoms with van der Waals surface area (Å²) in [6.45, 7) is 0.458. The van der Waals surface area contributed by atoms with Gasteiger partial charge in [-0.05, 0) is 60.7 Å². The summed E-state index contributed by atoms with van der Waals surface area (Å²) in [6, 6.07) is 14.2. The van der Waals surface area contributed by atoms with E-state index in [-0.39, 0.29) is 17.6 Å². The van der Waals surface area contributed by atoms with Gasteiger partial charge in [0.15, 0.2) is 0 Å². The first kappa shape index (κ1) is 16.3. The summed E-state index contributed by atoms with van der Waals surface area (Å²) in [6.07, 6.45) is 2.45. The predicted octanol–water partition coefficient (Wildman–Crippen LogP) is 3.61. The van der Waals surface area contributed by atoms with Gasteiger partial charge < -0.3 is 10.3 Å². The van der Waals surface area contributed by atoms with E-state index in [1.807, 2.05) is 18.2 Å². The maximum Gasteiger partial charge on any atom is 0.226 e. The topological polar surface area (TPSA) is 71.8 Å². The molecule has 0 fully saturated rings. The Labute approximate surface area is 150 Å². The van der Waals surface area contributed by atoms with Crippen molar-refractivity contribution >= 4 is 16.8 Å². The highest BCUT2D eigenvalue weighted by molar-refractivity contribution is 5.91. The highest BCUT2D eigenvalue weighted by Gasteiger charge is 2.31. The Morgan fingerprint density at radius 3 is 2.88 bits per heavy atom. The van der Waals surface area contributed by atoms with Gasteiger partial charge in [0.2, 0.25) is 5.91 Å². The molecule has 5 heteroatoms. The van der Waals surface area contributed by atoms with Crippen LogP contribution in [-0.2, 0) is 17.8 Å². The fourth-order valence-corrected chi connectivity index (χ4v) is 4.06. The van der Waals surface area contributed by atoms with Crippen molar-refractivity contribution in [1.82, 2.24) is 4.57 Å². The molecule has 3 aromatic rings. The van der Waals surface area contributed by atoms with Gasteiger partial charge >= 0.3 is 0 Å². The van der Waals surface area contributed by atoms with Crippen molar-refractivity contribution in [2.75, 3.05) is 0 Å². The molecule has 1 unspecified atom stereocenters. The molecule has 1 amide bonds. The number of primary amides is 1. The van der Waals surface area contributed by atoms with E-state index in [9.17, 15) is 14.4 Å². The number of aromatic nitrogens is 1. The van der Waals surface area contributed by atoms with Crippen molar-refractivity contribution in [1.29, 1.82) is 5.26 Å². The number of carbonyl (C=O) groups excluding carboxylic acids is 1. The third-order valence-corrected chi connectivity index (χ3v) is 5.16. The number of nitrogens with two attached hydrogens (primary N) is 1. The van der Waals surface area contributed by atoms with Crippen LogP contribution in [0.1, 0.15) is 41.1 Å². The number of aryl methyl sites for hydroxylation is 1. The van der Waals surface area contributed by atoms with Crippen LogP contribution in [0.3, 0.4) is 0 Å². The summed E-state index contributed by atoms with van der Waals surface area (Å²) >= 11 is 0. The van der Waals surface area contributed by atoms with E-state index < -0.39 is 0 Å². The Balaban J connectivity index is 1.96. The maximum atomic E-state index is 13.6. The van der Waals surface area contributed by atoms with E-state index >= 15 is 0 Å². The average molecular weight is 347 g/mol. The quantitative estimate of drug-likeness (QED) is 0.786. The number of hydrogen-bond donors (Lipinski definition) is 1. The summed E-state index contributed by atoms with van der Waals surface area (Å²) < 4.78 is 15.7. The Hall–Kier alpha value is -3.13. The van der Waals surface area contributed by atoms with Gasteiger partial charge in [-0.3, -0.25) is 4.79 Å². The molecular formula is C21H18FN3O. The number of benzene rings is 2. The first-order valence-electron chi connectivity index (χ1n) is 8.67. The van der Waals surface area contributed by atoms with E-state index in [1.54, 1.807) is 12.1 Å². The molecule has 0 spiro atoms. The number of halogens is 1. The summed E-state index contributed by atoms with van der Waals surface area (Å²) in [5.41, 5.74) is 10.0. The molecule has 0 aliphatic heterocycles. The van der Waals surface area contributed by atoms with Crippen molar-refractivity contribution in [3.63, 3.8) is 0 Å². The van der Waals surface area contributed by atoms with Gasteiger partial charge in [-0.15, -0.1) is 0 Å². The molecule has 2 aromatic carbocycles. The van der Waals surface area contributed by atoms with Gasteiger partial charge in [0.1, 0.15) is 5.82 Å². The van der Waals surface area contributed by atoms with Crippen LogP contribution in [0.4, 0.5) is 4.39 Å². The number of carbonyl (C=O) groups is 1. The van der Waals surface area contributed by atoms with E-state index in [0.717, 1.165) is 40.6 Å². The lowest BCUT2D eigenvalue weighted by atomic mass is 9.86. The molecule has 0 saturated heterocycles. The highest BCUT2D eigenvalue weighted by Crippen LogP contribution is 2.39. The molecule has 1 aromatic heterocycles. The number of amides is 1. The van der Waals surface area contributed by atoms with Gasteiger partial charge in [-0.2, -0.15) is 5.26 Å². The number of nitriles is 1. The molecule has 0 bridgehead atoms. The zero-order valence-electron chi connectivity index (χ0n) is 14.2. The second kappa shape index (κ2) is 6.30. The second-order valence-corrected chi connectivity index (χ2v) is 6.77. The third-order valence-electron chi connectivity index (χ3n) is 5.16. The normalized spacial score (nSPS) is 16.2. The molecule has 1 atom stereocenters. The van der Waals surface area contributed by atoms with E-state index in [1.165, 1.54) is 12.1 Å². The molecule has 1 heterocycles. The van der Waals surface area contributed by atoms with Gasteiger partial charge in [0.25, 0.3) is 0 Å². The maximum absolute atomic E-state index is 13.6. The van der Waals surface area contributed by atoms with Crippen LogP contribution in [0, 0.1) is 17.1 Å². The van der Waals surface area contributed by atoms with Crippen LogP contribution < -0.4 is 5.73 Å². The molecule has 4 rings (SSSR count). The molecule has 0 radical (unpaired) electrons. The molecule has 1 aliphatic rings. The van der Waals surface area contributed by atoms with Crippen molar-refractivity contribution in [2.24, 2.45) is 5.73 Å². The number of fused-ring (bicyclic) bond motifs is 3. The summed E-state index contributed by atoms with van der Waals surface area (Å²) in [5.74, 6) is -0.981. The molecule has 26 heavy (non-hydrogen) atoms. The fraction of sp³-hybridized carbons (Fsp3) is 0.238. The van der Waals surface area contributed by atoms with Gasteiger partial charge in [-0.25, -0.2) is 4.39 Å². The molecule has 2 N–H and O–H groups in total. The summed E-state index contributed by atoms with van der Waals surface area (Å²) in [4.78, 5) is 12.1. The standard InChI is InChI=1S/C21H18FN3O/c22-15-4-1-3-14(9-15)12-25-19-8-7-13(11-23)10-18(19)16-5-2-6-17(20(16)25)21(24)26/h1,3-4,7-10,17H,2,5-6,12H2,(H2,24,26). The van der Waals surface area contributed by atoms with E-state index in [2.05, 4.69) is 10.6 Å². The minimum atomic E-state index is -0.356. The zero-order chi connectivity index (χ0) is 18.3. The first-order chi connectivity index (χ1) is 12.6. The SMILES string of the molecule is N#Cc1ccc2c(c1)c1c(n2Cc2cccc(F)c2)C(C(N)=O)CCC1. The minimum absolute atomic E-state index is 0.286. The molecular weight excluding hydrogens is 329 g/mol. The average Bonchev–Trinajstić information content (AvgIpc) is 2.95. The largest absolute Gasteiger partial charge is 0.369 e. The molecule has 4 nitrogen and oxygen atoms in total. The van der Waals surface area contributed by atoms with Crippen molar-refractivity contribution < 1.29 is 9.18 Å². The first-order valence-corrected chi connectivity index (χ1v) is 8.67. The fourth-order valence-electron chi connectivity index (χ4n) is 4.06. The number of hydrogen-bond acceptors (Lipinski definition) is 2. The zero-order valence-corrected chi connectivity index (χ0v) is 14.2. The van der Waals surface area contributed by atoms with Crippen LogP contribution in [-0.4, -0.2) is 10.5 Å². The summed E-state index contributed by atoms with van der Waals surface area (Å²) in [7, 11) is 0. The lowest BCUT2D eigenvalue weighted by Gasteiger charge is -2.23. The van der Waals surface area contributed by atoms with Gasteiger partial charge in [-0.1, -0.05) is 12.1 Å². The minimum Gasteiger partial charge on any atom is -0.369 e. The Morgan fingerprint density at radius 1 is 1.31 bits per heavy atom. The highest BCUT2D eigenvalue weighted by atomic mass is 19.1.